The van der Waals surface area contributed by atoms with Crippen molar-refractivity contribution in [1.82, 2.24) is 5.32 Å². The molecule has 0 aliphatic carbocycles. The highest BCUT2D eigenvalue weighted by molar-refractivity contribution is 9.10. The number of carbonyl (C=O) groups excluding carboxylic acids is 2. The molecule has 0 spiro atoms. The van der Waals surface area contributed by atoms with Crippen molar-refractivity contribution in [3.05, 3.63) is 28.2 Å². The number of hydrogen-bond donors (Lipinski definition) is 1. The first-order chi connectivity index (χ1) is 10.7. The third-order valence-electron chi connectivity index (χ3n) is 2.46. The number of alkyl carbamates (subject to hydrolysis) is 1. The molecule has 1 amide bonds. The second-order valence-corrected chi connectivity index (χ2v) is 6.55. The third kappa shape index (κ3) is 7.36. The van der Waals surface area contributed by atoms with Gasteiger partial charge in [-0.15, -0.1) is 0 Å². The summed E-state index contributed by atoms with van der Waals surface area (Å²) in [6.45, 7) is 7.84. The number of rotatable bonds is 6. The molecule has 0 unspecified atom stereocenters. The van der Waals surface area contributed by atoms with Crippen LogP contribution < -0.4 is 10.1 Å². The van der Waals surface area contributed by atoms with Crippen LogP contribution in [0.1, 0.15) is 38.1 Å². The Bertz CT molecular complexity index is 554. The fraction of sp³-hybridized carbons (Fsp3) is 0.500. The molecule has 128 valence electrons. The summed E-state index contributed by atoms with van der Waals surface area (Å²) in [4.78, 5) is 23.4. The van der Waals surface area contributed by atoms with Crippen LogP contribution in [0, 0.1) is 0 Å². The Balaban J connectivity index is 2.55. The molecule has 1 N–H and O–H groups in total. The number of carbonyl (C=O) groups is 2. The van der Waals surface area contributed by atoms with Gasteiger partial charge in [0.15, 0.2) is 0 Å². The molecule has 23 heavy (non-hydrogen) atoms. The van der Waals surface area contributed by atoms with E-state index in [4.69, 9.17) is 14.2 Å². The summed E-state index contributed by atoms with van der Waals surface area (Å²) in [6, 6.07) is 5.07. The van der Waals surface area contributed by atoms with Gasteiger partial charge in [-0.3, -0.25) is 0 Å². The van der Waals surface area contributed by atoms with Gasteiger partial charge in [0.05, 0.1) is 13.2 Å². The van der Waals surface area contributed by atoms with Gasteiger partial charge in [-0.1, -0.05) is 15.9 Å². The van der Waals surface area contributed by atoms with Gasteiger partial charge in [-0.2, -0.15) is 0 Å². The van der Waals surface area contributed by atoms with Gasteiger partial charge < -0.3 is 19.5 Å². The fourth-order valence-electron chi connectivity index (χ4n) is 1.62. The van der Waals surface area contributed by atoms with Gasteiger partial charge in [-0.05, 0) is 45.9 Å². The zero-order valence-corrected chi connectivity index (χ0v) is 15.4. The first-order valence-electron chi connectivity index (χ1n) is 7.29. The van der Waals surface area contributed by atoms with Crippen LogP contribution in [-0.4, -0.2) is 37.4 Å². The molecule has 0 saturated heterocycles. The maximum atomic E-state index is 11.9. The summed E-state index contributed by atoms with van der Waals surface area (Å²) >= 11 is 3.31. The largest absolute Gasteiger partial charge is 0.491 e. The molecular weight excluding hydrogens is 366 g/mol. The standard InChI is InChI=1S/C16H22BrNO5/c1-5-21-14(19)12-10-11(17)6-7-13(12)22-9-8-18-15(20)23-16(2,3)4/h6-7,10H,5,8-9H2,1-4H3,(H,18,20). The maximum absolute atomic E-state index is 11.9. The van der Waals surface area contributed by atoms with E-state index in [9.17, 15) is 9.59 Å². The Labute approximate surface area is 144 Å². The van der Waals surface area contributed by atoms with Crippen LogP contribution in [0.4, 0.5) is 4.79 Å². The summed E-state index contributed by atoms with van der Waals surface area (Å²) in [5.41, 5.74) is -0.216. The average Bonchev–Trinajstić information content (AvgIpc) is 2.43. The minimum Gasteiger partial charge on any atom is -0.491 e. The minimum atomic E-state index is -0.548. The van der Waals surface area contributed by atoms with E-state index < -0.39 is 17.7 Å². The summed E-state index contributed by atoms with van der Waals surface area (Å²) in [5.74, 6) is -0.0541. The van der Waals surface area contributed by atoms with E-state index in [1.165, 1.54) is 0 Å². The Kier molecular flexibility index (Phi) is 7.35. The molecule has 0 atom stereocenters. The molecule has 0 fully saturated rings. The molecule has 0 aliphatic heterocycles. The van der Waals surface area contributed by atoms with Crippen molar-refractivity contribution in [3.8, 4) is 5.75 Å². The smallest absolute Gasteiger partial charge is 0.407 e. The van der Waals surface area contributed by atoms with Crippen LogP contribution in [0.25, 0.3) is 0 Å². The van der Waals surface area contributed by atoms with Crippen molar-refractivity contribution in [2.24, 2.45) is 0 Å². The number of halogens is 1. The van der Waals surface area contributed by atoms with E-state index in [0.717, 1.165) is 4.47 Å². The van der Waals surface area contributed by atoms with Gasteiger partial charge in [0.2, 0.25) is 0 Å². The quantitative estimate of drug-likeness (QED) is 0.596. The molecule has 0 heterocycles. The van der Waals surface area contributed by atoms with E-state index in [2.05, 4.69) is 21.2 Å². The summed E-state index contributed by atoms with van der Waals surface area (Å²) < 4.78 is 16.4. The lowest BCUT2D eigenvalue weighted by atomic mass is 10.2. The molecule has 7 heteroatoms. The SMILES string of the molecule is CCOC(=O)c1cc(Br)ccc1OCCNC(=O)OC(C)(C)C. The first kappa shape index (κ1) is 19.3. The third-order valence-corrected chi connectivity index (χ3v) is 2.96. The summed E-state index contributed by atoms with van der Waals surface area (Å²) in [7, 11) is 0. The minimum absolute atomic E-state index is 0.202. The lowest BCUT2D eigenvalue weighted by molar-refractivity contribution is 0.0502. The molecule has 0 aliphatic rings. The molecule has 1 rings (SSSR count). The highest BCUT2D eigenvalue weighted by Crippen LogP contribution is 2.24. The van der Waals surface area contributed by atoms with Crippen molar-refractivity contribution >= 4 is 28.0 Å². The van der Waals surface area contributed by atoms with Gasteiger partial charge in [0.25, 0.3) is 0 Å². The molecule has 1 aromatic carbocycles. The van der Waals surface area contributed by atoms with Crippen LogP contribution in [0.5, 0.6) is 5.75 Å². The molecule has 0 aromatic heterocycles. The van der Waals surface area contributed by atoms with Crippen molar-refractivity contribution in [2.75, 3.05) is 19.8 Å². The number of nitrogens with one attached hydrogen (secondary N) is 1. The number of esters is 1. The molecule has 6 nitrogen and oxygen atoms in total. The lowest BCUT2D eigenvalue weighted by Gasteiger charge is -2.19. The monoisotopic (exact) mass is 387 g/mol. The van der Waals surface area contributed by atoms with Crippen molar-refractivity contribution in [2.45, 2.75) is 33.3 Å². The number of amides is 1. The van der Waals surface area contributed by atoms with E-state index >= 15 is 0 Å². The van der Waals surface area contributed by atoms with Crippen LogP contribution in [0.2, 0.25) is 0 Å². The van der Waals surface area contributed by atoms with Crippen LogP contribution >= 0.6 is 15.9 Å². The number of hydrogen-bond acceptors (Lipinski definition) is 5. The highest BCUT2D eigenvalue weighted by atomic mass is 79.9. The average molecular weight is 388 g/mol. The van der Waals surface area contributed by atoms with Gasteiger partial charge in [0.1, 0.15) is 23.5 Å². The molecule has 1 aromatic rings. The van der Waals surface area contributed by atoms with Crippen molar-refractivity contribution in [3.63, 3.8) is 0 Å². The zero-order valence-electron chi connectivity index (χ0n) is 13.8. The summed E-state index contributed by atoms with van der Waals surface area (Å²) in [5, 5.41) is 2.58. The van der Waals surface area contributed by atoms with E-state index in [-0.39, 0.29) is 19.8 Å². The Hall–Kier alpha value is -1.76. The second kappa shape index (κ2) is 8.76. The van der Waals surface area contributed by atoms with Crippen molar-refractivity contribution in [1.29, 1.82) is 0 Å². The second-order valence-electron chi connectivity index (χ2n) is 5.64. The Morgan fingerprint density at radius 1 is 1.26 bits per heavy atom. The van der Waals surface area contributed by atoms with Gasteiger partial charge in [0, 0.05) is 4.47 Å². The van der Waals surface area contributed by atoms with E-state index in [1.54, 1.807) is 45.9 Å². The molecule has 0 radical (unpaired) electrons. The maximum Gasteiger partial charge on any atom is 0.407 e. The Morgan fingerprint density at radius 2 is 1.96 bits per heavy atom. The molecular formula is C16H22BrNO5. The highest BCUT2D eigenvalue weighted by Gasteiger charge is 2.16. The zero-order chi connectivity index (χ0) is 17.5. The van der Waals surface area contributed by atoms with E-state index in [0.29, 0.717) is 11.3 Å². The Morgan fingerprint density at radius 3 is 2.57 bits per heavy atom. The van der Waals surface area contributed by atoms with Crippen LogP contribution in [0.15, 0.2) is 22.7 Å². The number of ether oxygens (including phenoxy) is 3. The summed E-state index contributed by atoms with van der Waals surface area (Å²) in [6.07, 6.45) is -0.512. The van der Waals surface area contributed by atoms with Crippen molar-refractivity contribution < 1.29 is 23.8 Å². The lowest BCUT2D eigenvalue weighted by Crippen LogP contribution is -2.34. The van der Waals surface area contributed by atoms with Gasteiger partial charge in [-0.25, -0.2) is 9.59 Å². The van der Waals surface area contributed by atoms with Crippen LogP contribution in [0.3, 0.4) is 0 Å². The molecule has 0 saturated carbocycles. The van der Waals surface area contributed by atoms with Crippen LogP contribution in [-0.2, 0) is 9.47 Å². The van der Waals surface area contributed by atoms with Gasteiger partial charge >= 0.3 is 12.1 Å². The normalized spacial score (nSPS) is 10.8. The fourth-order valence-corrected chi connectivity index (χ4v) is 1.99. The predicted molar refractivity (Wildman–Crippen MR) is 89.8 cm³/mol. The predicted octanol–water partition coefficient (Wildman–Crippen LogP) is 3.53. The number of benzene rings is 1. The molecule has 0 bridgehead atoms. The first-order valence-corrected chi connectivity index (χ1v) is 8.08. The topological polar surface area (TPSA) is 73.9 Å². The van der Waals surface area contributed by atoms with E-state index in [1.807, 2.05) is 0 Å².